The van der Waals surface area contributed by atoms with Gasteiger partial charge in [-0.05, 0) is 30.7 Å². The van der Waals surface area contributed by atoms with Gasteiger partial charge in [0.25, 0.3) is 0 Å². The summed E-state index contributed by atoms with van der Waals surface area (Å²) in [5.74, 6) is -0.275. The summed E-state index contributed by atoms with van der Waals surface area (Å²) in [5.41, 5.74) is 8.14. The van der Waals surface area contributed by atoms with Gasteiger partial charge in [0, 0.05) is 0 Å². The summed E-state index contributed by atoms with van der Waals surface area (Å²) in [4.78, 5) is 10.8. The van der Waals surface area contributed by atoms with E-state index in [2.05, 4.69) is 39.0 Å². The molecule has 1 rings (SSSR count). The van der Waals surface area contributed by atoms with Crippen molar-refractivity contribution in [3.8, 4) is 0 Å². The first kappa shape index (κ1) is 14.7. The molecule has 3 atom stereocenters. The lowest BCUT2D eigenvalue weighted by molar-refractivity contribution is -0.139. The fourth-order valence-electron chi connectivity index (χ4n) is 2.38. The lowest BCUT2D eigenvalue weighted by atomic mass is 9.81. The highest BCUT2D eigenvalue weighted by atomic mass is 16.4. The molecule has 0 saturated heterocycles. The van der Waals surface area contributed by atoms with Crippen molar-refractivity contribution in [2.45, 2.75) is 45.6 Å². The third-order valence-electron chi connectivity index (χ3n) is 3.67. The van der Waals surface area contributed by atoms with Gasteiger partial charge in [-0.3, -0.25) is 4.79 Å². The van der Waals surface area contributed by atoms with E-state index >= 15 is 0 Å². The van der Waals surface area contributed by atoms with Crippen LogP contribution in [-0.2, 0) is 4.79 Å². The average Bonchev–Trinajstić information content (AvgIpc) is 2.34. The maximum Gasteiger partial charge on any atom is 0.320 e. The Hall–Kier alpha value is -1.35. The summed E-state index contributed by atoms with van der Waals surface area (Å²) < 4.78 is 0. The first-order chi connectivity index (χ1) is 8.45. The number of aliphatic carboxylic acids is 1. The van der Waals surface area contributed by atoms with Crippen LogP contribution in [0, 0.1) is 12.8 Å². The molecular weight excluding hydrogens is 226 g/mol. The van der Waals surface area contributed by atoms with Gasteiger partial charge in [-0.1, -0.05) is 50.1 Å². The van der Waals surface area contributed by atoms with Crippen molar-refractivity contribution < 1.29 is 9.90 Å². The van der Waals surface area contributed by atoms with E-state index in [-0.39, 0.29) is 0 Å². The average molecular weight is 249 g/mol. The molecule has 0 spiro atoms. The Morgan fingerprint density at radius 3 is 2.61 bits per heavy atom. The zero-order chi connectivity index (χ0) is 13.7. The molecule has 18 heavy (non-hydrogen) atoms. The van der Waals surface area contributed by atoms with E-state index in [4.69, 9.17) is 10.8 Å². The van der Waals surface area contributed by atoms with E-state index in [0.29, 0.717) is 18.3 Å². The minimum absolute atomic E-state index is 0.304. The lowest BCUT2D eigenvalue weighted by Crippen LogP contribution is -2.33. The molecule has 0 aromatic heterocycles. The van der Waals surface area contributed by atoms with Crippen LogP contribution in [-0.4, -0.2) is 17.1 Å². The molecule has 100 valence electrons. The molecular formula is C15H23NO2. The van der Waals surface area contributed by atoms with E-state index < -0.39 is 12.0 Å². The molecule has 3 heteroatoms. The summed E-state index contributed by atoms with van der Waals surface area (Å²) in [6, 6.07) is 7.62. The van der Waals surface area contributed by atoms with Crippen molar-refractivity contribution >= 4 is 5.97 Å². The van der Waals surface area contributed by atoms with Crippen molar-refractivity contribution in [3.05, 3.63) is 35.4 Å². The monoisotopic (exact) mass is 249 g/mol. The van der Waals surface area contributed by atoms with Gasteiger partial charge in [0.1, 0.15) is 6.04 Å². The first-order valence-electron chi connectivity index (χ1n) is 6.50. The smallest absolute Gasteiger partial charge is 0.320 e. The van der Waals surface area contributed by atoms with Gasteiger partial charge in [-0.2, -0.15) is 0 Å². The van der Waals surface area contributed by atoms with Crippen molar-refractivity contribution in [3.63, 3.8) is 0 Å². The predicted molar refractivity (Wildman–Crippen MR) is 73.6 cm³/mol. The largest absolute Gasteiger partial charge is 0.480 e. The first-order valence-corrected chi connectivity index (χ1v) is 6.50. The van der Waals surface area contributed by atoms with Gasteiger partial charge >= 0.3 is 5.97 Å². The van der Waals surface area contributed by atoms with Crippen molar-refractivity contribution in [2.24, 2.45) is 11.7 Å². The second-order valence-electron chi connectivity index (χ2n) is 5.05. The van der Waals surface area contributed by atoms with Crippen LogP contribution in [0.2, 0.25) is 0 Å². The summed E-state index contributed by atoms with van der Waals surface area (Å²) in [6.07, 6.45) is 1.47. The van der Waals surface area contributed by atoms with Gasteiger partial charge in [-0.25, -0.2) is 0 Å². The van der Waals surface area contributed by atoms with E-state index in [0.717, 1.165) is 6.42 Å². The standard InChI is InChI=1S/C15H23NO2/c1-4-12(9-14(16)15(17)18)11(3)13-7-5-6-10(2)8-13/h5-8,11-12,14H,4,9,16H2,1-3H3,(H,17,18). The van der Waals surface area contributed by atoms with E-state index in [1.807, 2.05) is 6.07 Å². The van der Waals surface area contributed by atoms with Gasteiger partial charge in [0.2, 0.25) is 0 Å². The molecule has 0 saturated carbocycles. The van der Waals surface area contributed by atoms with Gasteiger partial charge in [-0.15, -0.1) is 0 Å². The molecule has 0 aliphatic heterocycles. The molecule has 0 heterocycles. The molecule has 1 aromatic rings. The number of hydrogen-bond acceptors (Lipinski definition) is 2. The molecule has 3 N–H and O–H groups in total. The van der Waals surface area contributed by atoms with Crippen LogP contribution >= 0.6 is 0 Å². The molecule has 3 unspecified atom stereocenters. The highest BCUT2D eigenvalue weighted by molar-refractivity contribution is 5.73. The van der Waals surface area contributed by atoms with Crippen molar-refractivity contribution in [1.82, 2.24) is 0 Å². The number of benzene rings is 1. The Labute approximate surface area is 109 Å². The number of carboxylic acid groups (broad SMARTS) is 1. The van der Waals surface area contributed by atoms with Crippen LogP contribution in [0.5, 0.6) is 0 Å². The molecule has 3 nitrogen and oxygen atoms in total. The van der Waals surface area contributed by atoms with E-state index in [9.17, 15) is 4.79 Å². The maximum absolute atomic E-state index is 10.8. The normalized spacial score (nSPS) is 16.0. The van der Waals surface area contributed by atoms with Crippen LogP contribution in [0.1, 0.15) is 43.7 Å². The number of carboxylic acids is 1. The Kier molecular flexibility index (Phi) is 5.35. The molecule has 0 bridgehead atoms. The Balaban J connectivity index is 2.79. The third-order valence-corrected chi connectivity index (χ3v) is 3.67. The van der Waals surface area contributed by atoms with Crippen molar-refractivity contribution in [1.29, 1.82) is 0 Å². The molecule has 0 aliphatic carbocycles. The van der Waals surface area contributed by atoms with E-state index in [1.165, 1.54) is 11.1 Å². The zero-order valence-electron chi connectivity index (χ0n) is 11.4. The molecule has 0 fully saturated rings. The minimum atomic E-state index is -0.912. The van der Waals surface area contributed by atoms with Crippen LogP contribution in [0.15, 0.2) is 24.3 Å². The topological polar surface area (TPSA) is 63.3 Å². The SMILES string of the molecule is CCC(CC(N)C(=O)O)C(C)c1cccc(C)c1. The second kappa shape index (κ2) is 6.55. The van der Waals surface area contributed by atoms with Crippen LogP contribution < -0.4 is 5.73 Å². The number of nitrogens with two attached hydrogens (primary N) is 1. The lowest BCUT2D eigenvalue weighted by Gasteiger charge is -2.25. The van der Waals surface area contributed by atoms with Gasteiger partial charge in [0.15, 0.2) is 0 Å². The quantitative estimate of drug-likeness (QED) is 0.814. The third kappa shape index (κ3) is 3.84. The van der Waals surface area contributed by atoms with Crippen LogP contribution in [0.4, 0.5) is 0 Å². The number of hydrogen-bond donors (Lipinski definition) is 2. The highest BCUT2D eigenvalue weighted by Crippen LogP contribution is 2.30. The number of carbonyl (C=O) groups is 1. The molecule has 0 aliphatic rings. The zero-order valence-corrected chi connectivity index (χ0v) is 11.4. The summed E-state index contributed by atoms with van der Waals surface area (Å²) >= 11 is 0. The predicted octanol–water partition coefficient (Wildman–Crippen LogP) is 2.93. The Bertz CT molecular complexity index is 403. The van der Waals surface area contributed by atoms with Gasteiger partial charge in [0.05, 0.1) is 0 Å². The number of rotatable bonds is 6. The minimum Gasteiger partial charge on any atom is -0.480 e. The molecule has 0 amide bonds. The van der Waals surface area contributed by atoms with E-state index in [1.54, 1.807) is 0 Å². The fourth-order valence-corrected chi connectivity index (χ4v) is 2.38. The van der Waals surface area contributed by atoms with Crippen LogP contribution in [0.25, 0.3) is 0 Å². The number of aryl methyl sites for hydroxylation is 1. The van der Waals surface area contributed by atoms with Gasteiger partial charge < -0.3 is 10.8 Å². The molecule has 1 aromatic carbocycles. The summed E-state index contributed by atoms with van der Waals surface area (Å²) in [5, 5.41) is 8.90. The van der Waals surface area contributed by atoms with Crippen molar-refractivity contribution in [2.75, 3.05) is 0 Å². The molecule has 0 radical (unpaired) electrons. The highest BCUT2D eigenvalue weighted by Gasteiger charge is 2.23. The maximum atomic E-state index is 10.8. The Morgan fingerprint density at radius 2 is 2.11 bits per heavy atom. The second-order valence-corrected chi connectivity index (χ2v) is 5.05. The Morgan fingerprint density at radius 1 is 1.44 bits per heavy atom. The van der Waals surface area contributed by atoms with Crippen LogP contribution in [0.3, 0.4) is 0 Å². The fraction of sp³-hybridized carbons (Fsp3) is 0.533. The summed E-state index contributed by atoms with van der Waals surface area (Å²) in [7, 11) is 0. The summed E-state index contributed by atoms with van der Waals surface area (Å²) in [6.45, 7) is 6.31.